The maximum atomic E-state index is 12.2. The summed E-state index contributed by atoms with van der Waals surface area (Å²) in [6.45, 7) is 2.37. The van der Waals surface area contributed by atoms with Gasteiger partial charge in [0.25, 0.3) is 0 Å². The van der Waals surface area contributed by atoms with E-state index in [1.54, 1.807) is 36.1 Å². The Hall–Kier alpha value is -4.48. The standard InChI is InChI=1S/C26H23N9OS/c1-14-4-5-20(37-14)24-23-19(6-7-28-24)31-26(32-23)22-18-9-16(11-29-25(18)34-33-22)15-8-17(12-27-10-15)30-21(36)13-35(2)3/h4-12H,13H2,1-3H3,(H,30,36)(H,31,32)(H,29,33,34). The number of hydrogen-bond acceptors (Lipinski definition) is 8. The monoisotopic (exact) mass is 509 g/mol. The molecule has 0 radical (unpaired) electrons. The molecule has 0 saturated heterocycles. The Morgan fingerprint density at radius 3 is 2.76 bits per heavy atom. The van der Waals surface area contributed by atoms with Crippen LogP contribution in [0.3, 0.4) is 0 Å². The van der Waals surface area contributed by atoms with Gasteiger partial charge in [0.1, 0.15) is 16.9 Å². The van der Waals surface area contributed by atoms with E-state index >= 15 is 0 Å². The number of fused-ring (bicyclic) bond motifs is 2. The van der Waals surface area contributed by atoms with Crippen molar-refractivity contribution in [2.75, 3.05) is 26.0 Å². The van der Waals surface area contributed by atoms with Crippen molar-refractivity contribution in [3.05, 3.63) is 60.0 Å². The second-order valence-electron chi connectivity index (χ2n) is 8.99. The average Bonchev–Trinajstić information content (AvgIpc) is 3.60. The molecule has 6 heterocycles. The fourth-order valence-electron chi connectivity index (χ4n) is 4.19. The first-order chi connectivity index (χ1) is 17.9. The third kappa shape index (κ3) is 4.46. The number of pyridine rings is 3. The second-order valence-corrected chi connectivity index (χ2v) is 10.3. The molecule has 1 amide bonds. The SMILES string of the molecule is Cc1ccc(-c2nccc3[nH]c(-c4[nH]nc5ncc(-c6cncc(NC(=O)CN(C)C)c6)cc45)nc23)s1. The Kier molecular flexibility index (Phi) is 5.70. The van der Waals surface area contributed by atoms with E-state index in [-0.39, 0.29) is 12.5 Å². The molecule has 6 aromatic rings. The van der Waals surface area contributed by atoms with Gasteiger partial charge in [-0.15, -0.1) is 11.3 Å². The zero-order valence-corrected chi connectivity index (χ0v) is 21.2. The summed E-state index contributed by atoms with van der Waals surface area (Å²) in [5.74, 6) is 0.549. The number of anilines is 1. The Bertz CT molecular complexity index is 1760. The minimum atomic E-state index is -0.105. The van der Waals surface area contributed by atoms with Gasteiger partial charge in [-0.1, -0.05) is 0 Å². The van der Waals surface area contributed by atoms with E-state index in [4.69, 9.17) is 4.98 Å². The summed E-state index contributed by atoms with van der Waals surface area (Å²) < 4.78 is 0. The largest absolute Gasteiger partial charge is 0.337 e. The Morgan fingerprint density at radius 2 is 1.95 bits per heavy atom. The first-order valence-electron chi connectivity index (χ1n) is 11.6. The molecule has 37 heavy (non-hydrogen) atoms. The van der Waals surface area contributed by atoms with E-state index in [1.807, 2.05) is 37.2 Å². The van der Waals surface area contributed by atoms with Crippen molar-refractivity contribution in [3.8, 4) is 33.2 Å². The van der Waals surface area contributed by atoms with Crippen LogP contribution in [0.5, 0.6) is 0 Å². The smallest absolute Gasteiger partial charge is 0.238 e. The van der Waals surface area contributed by atoms with Crippen LogP contribution >= 0.6 is 11.3 Å². The van der Waals surface area contributed by atoms with E-state index in [0.717, 1.165) is 43.8 Å². The highest BCUT2D eigenvalue weighted by atomic mass is 32.1. The van der Waals surface area contributed by atoms with Crippen molar-refractivity contribution in [1.82, 2.24) is 40.0 Å². The summed E-state index contributed by atoms with van der Waals surface area (Å²) in [5, 5.41) is 11.2. The molecule has 3 N–H and O–H groups in total. The van der Waals surface area contributed by atoms with Crippen LogP contribution in [0.2, 0.25) is 0 Å². The number of hydrogen-bond donors (Lipinski definition) is 3. The van der Waals surface area contributed by atoms with Crippen molar-refractivity contribution in [3.63, 3.8) is 0 Å². The number of rotatable bonds is 6. The van der Waals surface area contributed by atoms with Crippen molar-refractivity contribution in [2.45, 2.75) is 6.92 Å². The van der Waals surface area contributed by atoms with Gasteiger partial charge < -0.3 is 15.2 Å². The highest BCUT2D eigenvalue weighted by Crippen LogP contribution is 2.34. The lowest BCUT2D eigenvalue weighted by Gasteiger charge is -2.10. The first kappa shape index (κ1) is 23.0. The zero-order chi connectivity index (χ0) is 25.5. The highest BCUT2D eigenvalue weighted by molar-refractivity contribution is 7.15. The molecular weight excluding hydrogens is 486 g/mol. The van der Waals surface area contributed by atoms with Crippen molar-refractivity contribution >= 4 is 45.0 Å². The van der Waals surface area contributed by atoms with Gasteiger partial charge in [-0.3, -0.25) is 19.9 Å². The van der Waals surface area contributed by atoms with E-state index in [1.165, 1.54) is 4.88 Å². The van der Waals surface area contributed by atoms with Gasteiger partial charge in [-0.05, 0) is 51.4 Å². The summed E-state index contributed by atoms with van der Waals surface area (Å²) in [6.07, 6.45) is 6.90. The predicted octanol–water partition coefficient (Wildman–Crippen LogP) is 4.50. The molecule has 0 spiro atoms. The van der Waals surface area contributed by atoms with E-state index in [2.05, 4.69) is 54.5 Å². The van der Waals surface area contributed by atoms with E-state index in [9.17, 15) is 4.79 Å². The third-order valence-electron chi connectivity index (χ3n) is 5.84. The molecule has 0 aliphatic rings. The topological polar surface area (TPSA) is 128 Å². The molecular formula is C26H23N9OS. The number of aryl methyl sites for hydroxylation is 1. The molecule has 0 bridgehead atoms. The van der Waals surface area contributed by atoms with Gasteiger partial charge in [0, 0.05) is 34.6 Å². The number of imidazole rings is 1. The summed E-state index contributed by atoms with van der Waals surface area (Å²) in [7, 11) is 3.69. The predicted molar refractivity (Wildman–Crippen MR) is 145 cm³/mol. The molecule has 0 atom stereocenters. The minimum Gasteiger partial charge on any atom is -0.337 e. The Labute approximate surface area is 215 Å². The quantitative estimate of drug-likeness (QED) is 0.302. The van der Waals surface area contributed by atoms with E-state index < -0.39 is 0 Å². The number of carbonyl (C=O) groups excluding carboxylic acids is 1. The second kappa shape index (κ2) is 9.19. The maximum absolute atomic E-state index is 12.2. The van der Waals surface area contributed by atoms with Crippen LogP contribution in [-0.2, 0) is 4.79 Å². The number of aromatic amines is 2. The molecule has 0 aliphatic carbocycles. The first-order valence-corrected chi connectivity index (χ1v) is 12.4. The van der Waals surface area contributed by atoms with Crippen molar-refractivity contribution in [2.24, 2.45) is 0 Å². The molecule has 184 valence electrons. The number of amides is 1. The molecule has 0 aliphatic heterocycles. The third-order valence-corrected chi connectivity index (χ3v) is 6.84. The Balaban J connectivity index is 1.38. The van der Waals surface area contributed by atoms with E-state index in [0.29, 0.717) is 17.2 Å². The number of nitrogens with one attached hydrogen (secondary N) is 3. The van der Waals surface area contributed by atoms with Crippen LogP contribution in [0, 0.1) is 6.92 Å². The summed E-state index contributed by atoms with van der Waals surface area (Å²) in [4.78, 5) is 38.0. The van der Waals surface area contributed by atoms with Gasteiger partial charge in [0.15, 0.2) is 11.5 Å². The number of H-pyrrole nitrogens is 2. The summed E-state index contributed by atoms with van der Waals surface area (Å²) >= 11 is 1.69. The van der Waals surface area contributed by atoms with Crippen molar-refractivity contribution < 1.29 is 4.79 Å². The molecule has 0 unspecified atom stereocenters. The number of carbonyl (C=O) groups is 1. The number of aromatic nitrogens is 7. The lowest BCUT2D eigenvalue weighted by molar-refractivity contribution is -0.116. The van der Waals surface area contributed by atoms with Gasteiger partial charge >= 0.3 is 0 Å². The molecule has 0 fully saturated rings. The van der Waals surface area contributed by atoms with Crippen LogP contribution in [0.25, 0.3) is 55.3 Å². The normalized spacial score (nSPS) is 11.6. The maximum Gasteiger partial charge on any atom is 0.238 e. The Morgan fingerprint density at radius 1 is 1.08 bits per heavy atom. The zero-order valence-electron chi connectivity index (χ0n) is 20.4. The molecule has 6 rings (SSSR count). The number of thiophene rings is 1. The highest BCUT2D eigenvalue weighted by Gasteiger charge is 2.17. The lowest BCUT2D eigenvalue weighted by atomic mass is 10.1. The van der Waals surface area contributed by atoms with Crippen LogP contribution in [0.15, 0.2) is 55.1 Å². The van der Waals surface area contributed by atoms with Gasteiger partial charge in [0.05, 0.1) is 34.2 Å². The molecule has 11 heteroatoms. The number of nitrogens with zero attached hydrogens (tertiary/aromatic N) is 6. The number of likely N-dealkylation sites (N-methyl/N-ethyl adjacent to an activating group) is 1. The summed E-state index contributed by atoms with van der Waals surface area (Å²) in [5.41, 5.74) is 6.15. The fourth-order valence-corrected chi connectivity index (χ4v) is 5.05. The molecule has 10 nitrogen and oxygen atoms in total. The average molecular weight is 510 g/mol. The lowest BCUT2D eigenvalue weighted by Crippen LogP contribution is -2.27. The molecule has 0 saturated carbocycles. The van der Waals surface area contributed by atoms with Crippen LogP contribution in [-0.4, -0.2) is 66.6 Å². The van der Waals surface area contributed by atoms with Crippen LogP contribution in [0.1, 0.15) is 4.88 Å². The van der Waals surface area contributed by atoms with Crippen molar-refractivity contribution in [1.29, 1.82) is 0 Å². The molecule has 0 aromatic carbocycles. The van der Waals surface area contributed by atoms with Gasteiger partial charge in [-0.2, -0.15) is 5.10 Å². The minimum absolute atomic E-state index is 0.105. The van der Waals surface area contributed by atoms with Gasteiger partial charge in [0.2, 0.25) is 5.91 Å². The summed E-state index contributed by atoms with van der Waals surface area (Å²) in [6, 6.07) is 9.95. The van der Waals surface area contributed by atoms with Crippen LogP contribution in [0.4, 0.5) is 5.69 Å². The fraction of sp³-hybridized carbons (Fsp3) is 0.154. The molecule has 6 aromatic heterocycles. The van der Waals surface area contributed by atoms with Gasteiger partial charge in [-0.25, -0.2) is 9.97 Å². The van der Waals surface area contributed by atoms with Crippen LogP contribution < -0.4 is 5.32 Å².